The Labute approximate surface area is 152 Å². The van der Waals surface area contributed by atoms with Gasteiger partial charge in [-0.15, -0.1) is 0 Å². The van der Waals surface area contributed by atoms with Crippen LogP contribution in [0.4, 0.5) is 11.5 Å². The maximum Gasteiger partial charge on any atom is 0.221 e. The van der Waals surface area contributed by atoms with Gasteiger partial charge in [0.2, 0.25) is 5.91 Å². The number of ether oxygens (including phenoxy) is 1. The maximum absolute atomic E-state index is 11.2. The number of morpholine rings is 1. The average Bonchev–Trinajstić information content (AvgIpc) is 2.63. The molecule has 1 saturated heterocycles. The van der Waals surface area contributed by atoms with Crippen LogP contribution in [0, 0.1) is 0 Å². The van der Waals surface area contributed by atoms with Gasteiger partial charge >= 0.3 is 0 Å². The van der Waals surface area contributed by atoms with Gasteiger partial charge in [-0.2, -0.15) is 11.8 Å². The van der Waals surface area contributed by atoms with E-state index in [0.717, 1.165) is 54.8 Å². The van der Waals surface area contributed by atoms with Crippen molar-refractivity contribution in [1.29, 1.82) is 0 Å². The van der Waals surface area contributed by atoms with Crippen LogP contribution in [-0.4, -0.2) is 48.4 Å². The molecule has 1 aliphatic rings. The second-order valence-electron chi connectivity index (χ2n) is 5.83. The average molecular weight is 358 g/mol. The Balaban J connectivity index is 1.90. The lowest BCUT2D eigenvalue weighted by atomic mass is 10.2. The molecular weight excluding hydrogens is 336 g/mol. The third-order valence-electron chi connectivity index (χ3n) is 3.86. The molecule has 1 amide bonds. The van der Waals surface area contributed by atoms with E-state index in [1.165, 1.54) is 6.92 Å². The summed E-state index contributed by atoms with van der Waals surface area (Å²) >= 11 is 1.74. The van der Waals surface area contributed by atoms with Gasteiger partial charge in [-0.25, -0.2) is 9.97 Å². The first-order chi connectivity index (χ1) is 12.2. The van der Waals surface area contributed by atoms with Gasteiger partial charge < -0.3 is 15.0 Å². The van der Waals surface area contributed by atoms with Crippen LogP contribution in [0.2, 0.25) is 0 Å². The number of aromatic nitrogens is 2. The van der Waals surface area contributed by atoms with E-state index in [2.05, 4.69) is 22.5 Å². The van der Waals surface area contributed by atoms with Crippen molar-refractivity contribution in [3.63, 3.8) is 0 Å². The molecule has 0 saturated carbocycles. The van der Waals surface area contributed by atoms with Crippen molar-refractivity contribution < 1.29 is 9.53 Å². The van der Waals surface area contributed by atoms with Gasteiger partial charge in [-0.1, -0.05) is 0 Å². The lowest BCUT2D eigenvalue weighted by Crippen LogP contribution is -2.37. The van der Waals surface area contributed by atoms with Crippen LogP contribution in [0.3, 0.4) is 0 Å². The van der Waals surface area contributed by atoms with Gasteiger partial charge in [0.05, 0.1) is 18.9 Å². The van der Waals surface area contributed by atoms with Crippen molar-refractivity contribution in [2.24, 2.45) is 0 Å². The van der Waals surface area contributed by atoms with Gasteiger partial charge in [0.1, 0.15) is 5.82 Å². The largest absolute Gasteiger partial charge is 0.378 e. The fraction of sp³-hybridized carbons (Fsp3) is 0.389. The lowest BCUT2D eigenvalue weighted by Gasteiger charge is -2.28. The second-order valence-corrected chi connectivity index (χ2v) is 6.70. The van der Waals surface area contributed by atoms with E-state index in [-0.39, 0.29) is 5.91 Å². The van der Waals surface area contributed by atoms with Gasteiger partial charge in [0.25, 0.3) is 0 Å². The molecule has 6 nitrogen and oxygen atoms in total. The highest BCUT2D eigenvalue weighted by Crippen LogP contribution is 2.24. The van der Waals surface area contributed by atoms with Crippen molar-refractivity contribution in [3.8, 4) is 11.4 Å². The fourth-order valence-corrected chi connectivity index (χ4v) is 3.14. The van der Waals surface area contributed by atoms with Crippen molar-refractivity contribution in [1.82, 2.24) is 9.97 Å². The van der Waals surface area contributed by atoms with Crippen LogP contribution in [-0.2, 0) is 15.3 Å². The minimum atomic E-state index is -0.0828. The molecule has 1 fully saturated rings. The smallest absolute Gasteiger partial charge is 0.221 e. The van der Waals surface area contributed by atoms with Crippen LogP contribution in [0.5, 0.6) is 0 Å². The topological polar surface area (TPSA) is 67.3 Å². The number of amides is 1. The number of thioether (sulfide) groups is 1. The van der Waals surface area contributed by atoms with Crippen LogP contribution < -0.4 is 10.2 Å². The minimum absolute atomic E-state index is 0.0828. The Morgan fingerprint density at radius 1 is 1.24 bits per heavy atom. The molecule has 0 aliphatic carbocycles. The molecule has 1 aliphatic heterocycles. The molecule has 3 rings (SSSR count). The molecule has 0 atom stereocenters. The fourth-order valence-electron chi connectivity index (χ4n) is 2.69. The van der Waals surface area contributed by atoms with Crippen molar-refractivity contribution >= 4 is 29.2 Å². The highest BCUT2D eigenvalue weighted by molar-refractivity contribution is 7.97. The molecule has 0 unspecified atom stereocenters. The SMILES string of the molecule is CSCc1cc(N2CCOCC2)nc(-c2ccc(NC(C)=O)cc2)n1. The van der Waals surface area contributed by atoms with Gasteiger partial charge in [0, 0.05) is 43.1 Å². The second kappa shape index (κ2) is 8.31. The molecule has 2 aromatic rings. The molecule has 0 spiro atoms. The molecule has 1 aromatic heterocycles. The van der Waals surface area contributed by atoms with Crippen LogP contribution in [0.15, 0.2) is 30.3 Å². The van der Waals surface area contributed by atoms with E-state index in [1.807, 2.05) is 24.3 Å². The zero-order valence-corrected chi connectivity index (χ0v) is 15.3. The molecule has 1 aromatic carbocycles. The Kier molecular flexibility index (Phi) is 5.88. The molecule has 2 heterocycles. The summed E-state index contributed by atoms with van der Waals surface area (Å²) in [5, 5.41) is 2.77. The first-order valence-corrected chi connectivity index (χ1v) is 9.63. The Morgan fingerprint density at radius 2 is 1.96 bits per heavy atom. The number of nitrogens with one attached hydrogen (secondary N) is 1. The first-order valence-electron chi connectivity index (χ1n) is 8.23. The zero-order chi connectivity index (χ0) is 17.6. The molecule has 0 radical (unpaired) electrons. The van der Waals surface area contributed by atoms with E-state index in [0.29, 0.717) is 5.82 Å². The molecule has 7 heteroatoms. The summed E-state index contributed by atoms with van der Waals surface area (Å²) in [5.74, 6) is 2.42. The first kappa shape index (κ1) is 17.7. The monoisotopic (exact) mass is 358 g/mol. The summed E-state index contributed by atoms with van der Waals surface area (Å²) < 4.78 is 5.43. The normalized spacial score (nSPS) is 14.4. The number of rotatable bonds is 5. The van der Waals surface area contributed by atoms with Crippen LogP contribution in [0.1, 0.15) is 12.6 Å². The number of anilines is 2. The van der Waals surface area contributed by atoms with Gasteiger partial charge in [-0.3, -0.25) is 4.79 Å². The van der Waals surface area contributed by atoms with Crippen molar-refractivity contribution in [2.75, 3.05) is 42.8 Å². The molecule has 1 N–H and O–H groups in total. The van der Waals surface area contributed by atoms with Crippen LogP contribution in [0.25, 0.3) is 11.4 Å². The number of hydrogen-bond acceptors (Lipinski definition) is 6. The summed E-state index contributed by atoms with van der Waals surface area (Å²) in [6.07, 6.45) is 2.07. The van der Waals surface area contributed by atoms with Gasteiger partial charge in [0.15, 0.2) is 5.82 Å². The summed E-state index contributed by atoms with van der Waals surface area (Å²) in [4.78, 5) is 22.9. The highest BCUT2D eigenvalue weighted by atomic mass is 32.2. The molecule has 25 heavy (non-hydrogen) atoms. The zero-order valence-electron chi connectivity index (χ0n) is 14.5. The summed E-state index contributed by atoms with van der Waals surface area (Å²) in [7, 11) is 0. The van der Waals surface area contributed by atoms with E-state index >= 15 is 0 Å². The van der Waals surface area contributed by atoms with E-state index in [9.17, 15) is 4.79 Å². The van der Waals surface area contributed by atoms with Crippen molar-refractivity contribution in [2.45, 2.75) is 12.7 Å². The molecular formula is C18H22N4O2S. The van der Waals surface area contributed by atoms with E-state index in [1.54, 1.807) is 11.8 Å². The molecule has 132 valence electrons. The predicted octanol–water partition coefficient (Wildman–Crippen LogP) is 2.80. The minimum Gasteiger partial charge on any atom is -0.378 e. The number of benzene rings is 1. The van der Waals surface area contributed by atoms with E-state index in [4.69, 9.17) is 14.7 Å². The van der Waals surface area contributed by atoms with E-state index < -0.39 is 0 Å². The van der Waals surface area contributed by atoms with Crippen LogP contribution >= 0.6 is 11.8 Å². The predicted molar refractivity (Wildman–Crippen MR) is 102 cm³/mol. The molecule has 0 bridgehead atoms. The number of hydrogen-bond donors (Lipinski definition) is 1. The Morgan fingerprint density at radius 3 is 2.60 bits per heavy atom. The summed E-state index contributed by atoms with van der Waals surface area (Å²) in [6.45, 7) is 4.63. The quantitative estimate of drug-likeness (QED) is 0.886. The maximum atomic E-state index is 11.2. The highest BCUT2D eigenvalue weighted by Gasteiger charge is 2.15. The van der Waals surface area contributed by atoms with Crippen molar-refractivity contribution in [3.05, 3.63) is 36.0 Å². The standard InChI is InChI=1S/C18H22N4O2S/c1-13(23)19-15-5-3-14(4-6-15)18-20-16(12-25-2)11-17(21-18)22-7-9-24-10-8-22/h3-6,11H,7-10,12H2,1-2H3,(H,19,23). The number of carbonyl (C=O) groups is 1. The Bertz CT molecular complexity index is 730. The summed E-state index contributed by atoms with van der Waals surface area (Å²) in [6, 6.07) is 9.68. The third kappa shape index (κ3) is 4.70. The number of nitrogens with zero attached hydrogens (tertiary/aromatic N) is 3. The Hall–Kier alpha value is -2.12. The third-order valence-corrected chi connectivity index (χ3v) is 4.44. The lowest BCUT2D eigenvalue weighted by molar-refractivity contribution is -0.114. The number of carbonyl (C=O) groups excluding carboxylic acids is 1. The van der Waals surface area contributed by atoms with Gasteiger partial charge in [-0.05, 0) is 30.5 Å². The summed E-state index contributed by atoms with van der Waals surface area (Å²) in [5.41, 5.74) is 2.72.